The summed E-state index contributed by atoms with van der Waals surface area (Å²) in [5.74, 6) is -0.424. The minimum absolute atomic E-state index is 0.424. The number of rotatable bonds is 4. The van der Waals surface area contributed by atoms with Crippen LogP contribution in [0.4, 0.5) is 5.95 Å². The van der Waals surface area contributed by atoms with Crippen molar-refractivity contribution in [3.05, 3.63) is 6.39 Å². The zero-order chi connectivity index (χ0) is 11.7. The summed E-state index contributed by atoms with van der Waals surface area (Å²) in [6.07, 6.45) is 0.832. The molecule has 0 aliphatic heterocycles. The zero-order valence-corrected chi connectivity index (χ0v) is 8.75. The molecule has 5 N–H and O–H groups in total. The van der Waals surface area contributed by atoms with Crippen LogP contribution in [0, 0.1) is 0 Å². The van der Waals surface area contributed by atoms with Gasteiger partial charge in [-0.2, -0.15) is 4.98 Å². The van der Waals surface area contributed by atoms with E-state index in [1.54, 1.807) is 5.32 Å². The molecule has 0 unspecified atom stereocenters. The Morgan fingerprint density at radius 3 is 2.13 bits per heavy atom. The molecule has 0 saturated carbocycles. The highest BCUT2D eigenvalue weighted by Crippen LogP contribution is 2.59. The second-order valence-corrected chi connectivity index (χ2v) is 6.25. The van der Waals surface area contributed by atoms with Crippen LogP contribution >= 0.6 is 15.2 Å². The topological polar surface area (TPSA) is 166 Å². The van der Waals surface area contributed by atoms with Crippen molar-refractivity contribution in [2.75, 3.05) is 5.32 Å². The standard InChI is InChI=1S/C3H7N3O7P2/c7-14(8,9)3(15(10,11)12)5-2-4-1-13-6-2/h1,3H,(H,5,6)(H2,7,8,9)(H2,10,11,12). The fraction of sp³-hybridized carbons (Fsp3) is 0.333. The van der Waals surface area contributed by atoms with E-state index in [1.165, 1.54) is 0 Å². The normalized spacial score (nSPS) is 13.1. The Labute approximate surface area is 82.6 Å². The largest absolute Gasteiger partial charge is 0.360 e. The Morgan fingerprint density at radius 2 is 1.80 bits per heavy atom. The Morgan fingerprint density at radius 1 is 1.27 bits per heavy atom. The SMILES string of the molecule is O=P(O)(O)C(Nc1ncon1)P(=O)(O)O. The molecule has 12 heteroatoms. The van der Waals surface area contributed by atoms with E-state index in [4.69, 9.17) is 19.6 Å². The monoisotopic (exact) mass is 259 g/mol. The van der Waals surface area contributed by atoms with Crippen LogP contribution < -0.4 is 5.32 Å². The summed E-state index contributed by atoms with van der Waals surface area (Å²) in [6, 6.07) is 0. The Kier molecular flexibility index (Phi) is 3.29. The third kappa shape index (κ3) is 3.38. The molecule has 10 nitrogen and oxygen atoms in total. The first kappa shape index (κ1) is 12.3. The van der Waals surface area contributed by atoms with Gasteiger partial charge in [0.2, 0.25) is 11.9 Å². The number of nitrogens with one attached hydrogen (secondary N) is 1. The van der Waals surface area contributed by atoms with Gasteiger partial charge >= 0.3 is 15.2 Å². The Hall–Kier alpha value is -0.760. The number of hydrogen-bond donors (Lipinski definition) is 5. The van der Waals surface area contributed by atoms with E-state index in [-0.39, 0.29) is 0 Å². The van der Waals surface area contributed by atoms with Gasteiger partial charge in [-0.25, -0.2) is 0 Å². The Bertz CT molecular complexity index is 383. The van der Waals surface area contributed by atoms with Crippen molar-refractivity contribution in [1.82, 2.24) is 10.1 Å². The molecule has 0 saturated heterocycles. The first-order chi connectivity index (χ1) is 6.71. The van der Waals surface area contributed by atoms with Gasteiger partial charge in [-0.1, -0.05) is 0 Å². The smallest absolute Gasteiger partial charge is 0.341 e. The van der Waals surface area contributed by atoms with Crippen LogP contribution in [0.1, 0.15) is 0 Å². The maximum Gasteiger partial charge on any atom is 0.360 e. The molecule has 0 radical (unpaired) electrons. The van der Waals surface area contributed by atoms with E-state index >= 15 is 0 Å². The van der Waals surface area contributed by atoms with Gasteiger partial charge in [0, 0.05) is 0 Å². The first-order valence-corrected chi connectivity index (χ1v) is 6.71. The van der Waals surface area contributed by atoms with Crippen LogP contribution in [-0.2, 0) is 9.13 Å². The summed E-state index contributed by atoms with van der Waals surface area (Å²) in [5.41, 5.74) is -2.39. The fourth-order valence-corrected chi connectivity index (χ4v) is 2.85. The molecule has 0 aliphatic carbocycles. The molecule has 1 aromatic rings. The minimum Gasteiger partial charge on any atom is -0.341 e. The summed E-state index contributed by atoms with van der Waals surface area (Å²) in [5, 5.41) is 4.90. The van der Waals surface area contributed by atoms with Gasteiger partial charge in [-0.3, -0.25) is 9.13 Å². The fourth-order valence-electron chi connectivity index (χ4n) is 0.714. The minimum atomic E-state index is -5.03. The van der Waals surface area contributed by atoms with Crippen molar-refractivity contribution in [2.45, 2.75) is 5.52 Å². The third-order valence-corrected chi connectivity index (χ3v) is 4.59. The molecular weight excluding hydrogens is 252 g/mol. The summed E-state index contributed by atoms with van der Waals surface area (Å²) in [7, 11) is -10.1. The molecule has 1 heterocycles. The van der Waals surface area contributed by atoms with Crippen molar-refractivity contribution in [2.24, 2.45) is 0 Å². The molecule has 0 aromatic carbocycles. The highest BCUT2D eigenvalue weighted by molar-refractivity contribution is 7.71. The molecule has 1 aromatic heterocycles. The molecular formula is C3H7N3O7P2. The number of hydrogen-bond acceptors (Lipinski definition) is 6. The average Bonchev–Trinajstić information content (AvgIpc) is 2.46. The third-order valence-electron chi connectivity index (χ3n) is 1.26. The van der Waals surface area contributed by atoms with Crippen LogP contribution in [0.5, 0.6) is 0 Å². The van der Waals surface area contributed by atoms with Crippen LogP contribution in [0.25, 0.3) is 0 Å². The second kappa shape index (κ2) is 4.01. The van der Waals surface area contributed by atoms with Crippen molar-refractivity contribution in [3.63, 3.8) is 0 Å². The molecule has 86 valence electrons. The van der Waals surface area contributed by atoms with Gasteiger partial charge in [0.15, 0.2) is 0 Å². The van der Waals surface area contributed by atoms with E-state index in [0.29, 0.717) is 0 Å². The van der Waals surface area contributed by atoms with Gasteiger partial charge in [-0.05, 0) is 5.16 Å². The predicted molar refractivity (Wildman–Crippen MR) is 45.8 cm³/mol. The zero-order valence-electron chi connectivity index (χ0n) is 6.96. The van der Waals surface area contributed by atoms with E-state index in [1.807, 2.05) is 0 Å². The van der Waals surface area contributed by atoms with Crippen molar-refractivity contribution >= 4 is 21.1 Å². The van der Waals surface area contributed by atoms with Crippen LogP contribution in [0.15, 0.2) is 10.9 Å². The average molecular weight is 259 g/mol. The summed E-state index contributed by atoms with van der Waals surface area (Å²) in [6.45, 7) is 0. The summed E-state index contributed by atoms with van der Waals surface area (Å²) >= 11 is 0. The van der Waals surface area contributed by atoms with Crippen molar-refractivity contribution in [3.8, 4) is 0 Å². The molecule has 0 bridgehead atoms. The van der Waals surface area contributed by atoms with Crippen LogP contribution in [0.3, 0.4) is 0 Å². The van der Waals surface area contributed by atoms with Gasteiger partial charge < -0.3 is 29.4 Å². The number of nitrogens with zero attached hydrogens (tertiary/aromatic N) is 2. The van der Waals surface area contributed by atoms with Crippen LogP contribution in [0.2, 0.25) is 0 Å². The lowest BCUT2D eigenvalue weighted by Crippen LogP contribution is -2.20. The predicted octanol–water partition coefficient (Wildman–Crippen LogP) is -0.880. The van der Waals surface area contributed by atoms with Gasteiger partial charge in [0.05, 0.1) is 0 Å². The molecule has 1 rings (SSSR count). The molecule has 15 heavy (non-hydrogen) atoms. The highest BCUT2D eigenvalue weighted by atomic mass is 31.2. The second-order valence-electron chi connectivity index (χ2n) is 2.45. The van der Waals surface area contributed by atoms with E-state index in [2.05, 4.69) is 14.7 Å². The molecule has 0 spiro atoms. The quantitative estimate of drug-likeness (QED) is 0.428. The van der Waals surface area contributed by atoms with Crippen LogP contribution in [-0.4, -0.2) is 35.2 Å². The van der Waals surface area contributed by atoms with E-state index in [9.17, 15) is 9.13 Å². The summed E-state index contributed by atoms with van der Waals surface area (Å²) in [4.78, 5) is 38.0. The molecule has 0 fully saturated rings. The lowest BCUT2D eigenvalue weighted by Gasteiger charge is -2.19. The van der Waals surface area contributed by atoms with E-state index < -0.39 is 26.7 Å². The maximum absolute atomic E-state index is 10.8. The van der Waals surface area contributed by atoms with Crippen molar-refractivity contribution < 1.29 is 33.2 Å². The van der Waals surface area contributed by atoms with Gasteiger partial charge in [0.25, 0.3) is 5.95 Å². The molecule has 0 amide bonds. The number of aromatic nitrogens is 2. The van der Waals surface area contributed by atoms with E-state index in [0.717, 1.165) is 6.39 Å². The highest BCUT2D eigenvalue weighted by Gasteiger charge is 2.44. The lowest BCUT2D eigenvalue weighted by molar-refractivity contribution is 0.343. The molecule has 0 aliphatic rings. The summed E-state index contributed by atoms with van der Waals surface area (Å²) < 4.78 is 25.7. The number of anilines is 1. The lowest BCUT2D eigenvalue weighted by atomic mass is 11.0. The van der Waals surface area contributed by atoms with Crippen molar-refractivity contribution in [1.29, 1.82) is 0 Å². The van der Waals surface area contributed by atoms with Gasteiger partial charge in [0.1, 0.15) is 0 Å². The van der Waals surface area contributed by atoms with Gasteiger partial charge in [-0.15, -0.1) is 0 Å². The first-order valence-electron chi connectivity index (χ1n) is 3.34. The molecule has 0 atom stereocenters. The maximum atomic E-state index is 10.8. The Balaban J connectivity index is 2.95.